The monoisotopic (exact) mass is 407 g/mol. The minimum absolute atomic E-state index is 0.155. The Morgan fingerprint density at radius 2 is 1.45 bits per heavy atom. The number of para-hydroxylation sites is 1. The third-order valence-corrected chi connectivity index (χ3v) is 4.46. The summed E-state index contributed by atoms with van der Waals surface area (Å²) in [5, 5.41) is 3.21. The van der Waals surface area contributed by atoms with Gasteiger partial charge in [0.25, 0.3) is 5.91 Å². The van der Waals surface area contributed by atoms with Crippen LogP contribution in [0.4, 0.5) is 5.69 Å². The Hall–Kier alpha value is -3.44. The lowest BCUT2D eigenvalue weighted by atomic mass is 10.1. The molecular formula is C23H18ClNO4. The molecule has 0 saturated heterocycles. The van der Waals surface area contributed by atoms with Gasteiger partial charge in [0.15, 0.2) is 6.10 Å². The summed E-state index contributed by atoms with van der Waals surface area (Å²) in [6, 6.07) is 21.4. The van der Waals surface area contributed by atoms with Gasteiger partial charge in [0.1, 0.15) is 0 Å². The number of hydrogen-bond acceptors (Lipinski definition) is 4. The number of nitrogens with one attached hydrogen (secondary N) is 1. The fourth-order valence-corrected chi connectivity index (χ4v) is 2.81. The lowest BCUT2D eigenvalue weighted by molar-refractivity contribution is 0.0320. The minimum atomic E-state index is -0.968. The molecule has 0 aliphatic heterocycles. The van der Waals surface area contributed by atoms with E-state index in [4.69, 9.17) is 16.3 Å². The molecule has 5 nitrogen and oxygen atoms in total. The summed E-state index contributed by atoms with van der Waals surface area (Å²) in [5.41, 5.74) is 1.29. The summed E-state index contributed by atoms with van der Waals surface area (Å²) >= 11 is 5.84. The zero-order valence-electron chi connectivity index (χ0n) is 15.6. The van der Waals surface area contributed by atoms with Gasteiger partial charge < -0.3 is 10.1 Å². The Kier molecular flexibility index (Phi) is 6.42. The maximum absolute atomic E-state index is 12.6. The number of ketones is 1. The quantitative estimate of drug-likeness (QED) is 0.460. The van der Waals surface area contributed by atoms with Gasteiger partial charge >= 0.3 is 5.97 Å². The third-order valence-electron chi connectivity index (χ3n) is 4.21. The molecule has 0 heterocycles. The van der Waals surface area contributed by atoms with E-state index in [-0.39, 0.29) is 17.0 Å². The molecule has 3 rings (SSSR count). The molecule has 0 bridgehead atoms. The van der Waals surface area contributed by atoms with E-state index in [1.54, 1.807) is 72.8 Å². The molecule has 1 atom stereocenters. The van der Waals surface area contributed by atoms with Crippen LogP contribution in [0.5, 0.6) is 0 Å². The molecule has 3 aromatic rings. The first-order valence-electron chi connectivity index (χ1n) is 8.92. The van der Waals surface area contributed by atoms with Crippen LogP contribution in [0.25, 0.3) is 0 Å². The molecular weight excluding hydrogens is 390 g/mol. The maximum atomic E-state index is 12.6. The van der Waals surface area contributed by atoms with E-state index in [9.17, 15) is 14.4 Å². The smallest absolute Gasteiger partial charge is 0.340 e. The van der Waals surface area contributed by atoms with Crippen molar-refractivity contribution in [2.24, 2.45) is 0 Å². The van der Waals surface area contributed by atoms with Crippen LogP contribution >= 0.6 is 11.6 Å². The second-order valence-corrected chi connectivity index (χ2v) is 6.72. The van der Waals surface area contributed by atoms with Crippen LogP contribution in [0.2, 0.25) is 5.02 Å². The topological polar surface area (TPSA) is 72.5 Å². The van der Waals surface area contributed by atoms with Gasteiger partial charge in [-0.1, -0.05) is 54.1 Å². The van der Waals surface area contributed by atoms with Crippen molar-refractivity contribution in [2.45, 2.75) is 13.0 Å². The highest BCUT2D eigenvalue weighted by Gasteiger charge is 2.22. The van der Waals surface area contributed by atoms with Crippen molar-refractivity contribution >= 4 is 34.9 Å². The normalized spacial score (nSPS) is 11.4. The Bertz CT molecular complexity index is 1030. The van der Waals surface area contributed by atoms with Crippen LogP contribution in [0.1, 0.15) is 38.0 Å². The summed E-state index contributed by atoms with van der Waals surface area (Å²) < 4.78 is 5.34. The first-order chi connectivity index (χ1) is 14.0. The van der Waals surface area contributed by atoms with Crippen LogP contribution < -0.4 is 5.32 Å². The highest BCUT2D eigenvalue weighted by Crippen LogP contribution is 2.19. The van der Waals surface area contributed by atoms with Crippen molar-refractivity contribution in [1.82, 2.24) is 0 Å². The minimum Gasteiger partial charge on any atom is -0.451 e. The molecule has 0 saturated carbocycles. The second kappa shape index (κ2) is 9.17. The predicted octanol–water partition coefficient (Wildman–Crippen LogP) is 5.02. The Morgan fingerprint density at radius 1 is 0.828 bits per heavy atom. The third kappa shape index (κ3) is 5.09. The maximum Gasteiger partial charge on any atom is 0.340 e. The van der Waals surface area contributed by atoms with Crippen molar-refractivity contribution in [1.29, 1.82) is 0 Å². The van der Waals surface area contributed by atoms with Crippen LogP contribution in [0.3, 0.4) is 0 Å². The Labute approximate surface area is 173 Å². The van der Waals surface area contributed by atoms with Gasteiger partial charge in [-0.05, 0) is 43.3 Å². The fourth-order valence-electron chi connectivity index (χ4n) is 2.68. The lowest BCUT2D eigenvalue weighted by Crippen LogP contribution is -2.25. The van der Waals surface area contributed by atoms with Gasteiger partial charge in [0.2, 0.25) is 5.78 Å². The van der Waals surface area contributed by atoms with Gasteiger partial charge in [-0.25, -0.2) is 4.79 Å². The SMILES string of the molecule is CC(OC(=O)c1ccccc1NC(=O)c1ccc(Cl)cc1)C(=O)c1ccccc1. The summed E-state index contributed by atoms with van der Waals surface area (Å²) in [7, 11) is 0. The summed E-state index contributed by atoms with van der Waals surface area (Å²) in [5.74, 6) is -1.40. The van der Waals surface area contributed by atoms with Crippen molar-refractivity contribution in [3.05, 3.63) is 101 Å². The standard InChI is InChI=1S/C23H18ClNO4/c1-15(21(26)16-7-3-2-4-8-16)29-23(28)19-9-5-6-10-20(19)25-22(27)17-11-13-18(24)14-12-17/h2-15H,1H3,(H,25,27). The molecule has 1 N–H and O–H groups in total. The van der Waals surface area contributed by atoms with Crippen molar-refractivity contribution in [3.63, 3.8) is 0 Å². The molecule has 0 fully saturated rings. The Balaban J connectivity index is 1.74. The van der Waals surface area contributed by atoms with Crippen molar-refractivity contribution in [2.75, 3.05) is 5.32 Å². The Morgan fingerprint density at radius 3 is 2.14 bits per heavy atom. The van der Waals surface area contributed by atoms with Gasteiger partial charge in [0.05, 0.1) is 11.3 Å². The first-order valence-corrected chi connectivity index (χ1v) is 9.29. The molecule has 29 heavy (non-hydrogen) atoms. The molecule has 1 unspecified atom stereocenters. The molecule has 0 spiro atoms. The number of ether oxygens (including phenoxy) is 1. The predicted molar refractivity (Wildman–Crippen MR) is 111 cm³/mol. The number of benzene rings is 3. The van der Waals surface area contributed by atoms with Crippen molar-refractivity contribution < 1.29 is 19.1 Å². The highest BCUT2D eigenvalue weighted by molar-refractivity contribution is 6.30. The highest BCUT2D eigenvalue weighted by atomic mass is 35.5. The summed E-state index contributed by atoms with van der Waals surface area (Å²) in [6.45, 7) is 1.52. The number of hydrogen-bond donors (Lipinski definition) is 1. The van der Waals surface area contributed by atoms with Crippen LogP contribution in [-0.4, -0.2) is 23.8 Å². The lowest BCUT2D eigenvalue weighted by Gasteiger charge is -2.15. The molecule has 3 aromatic carbocycles. The van der Waals surface area contributed by atoms with E-state index in [1.165, 1.54) is 13.0 Å². The van der Waals surface area contributed by atoms with Crippen LogP contribution in [-0.2, 0) is 4.74 Å². The molecule has 0 aliphatic rings. The molecule has 1 amide bonds. The molecule has 0 aromatic heterocycles. The van der Waals surface area contributed by atoms with E-state index in [1.807, 2.05) is 0 Å². The number of Topliss-reactive ketones (excluding diaryl/α,β-unsaturated/α-hetero) is 1. The molecule has 0 aliphatic carbocycles. The number of amides is 1. The fraction of sp³-hybridized carbons (Fsp3) is 0.0870. The van der Waals surface area contributed by atoms with E-state index >= 15 is 0 Å². The second-order valence-electron chi connectivity index (χ2n) is 6.28. The van der Waals surface area contributed by atoms with Gasteiger partial charge in [0, 0.05) is 16.1 Å². The zero-order chi connectivity index (χ0) is 20.8. The van der Waals surface area contributed by atoms with E-state index < -0.39 is 18.0 Å². The number of carbonyl (C=O) groups excluding carboxylic acids is 3. The van der Waals surface area contributed by atoms with Crippen LogP contribution in [0, 0.1) is 0 Å². The largest absolute Gasteiger partial charge is 0.451 e. The number of carbonyl (C=O) groups is 3. The first kappa shape index (κ1) is 20.3. The summed E-state index contributed by atoms with van der Waals surface area (Å²) in [4.78, 5) is 37.5. The van der Waals surface area contributed by atoms with E-state index in [0.717, 1.165) is 0 Å². The molecule has 146 valence electrons. The van der Waals surface area contributed by atoms with E-state index in [2.05, 4.69) is 5.32 Å². The average Bonchev–Trinajstić information content (AvgIpc) is 2.74. The molecule has 0 radical (unpaired) electrons. The average molecular weight is 408 g/mol. The van der Waals surface area contributed by atoms with E-state index in [0.29, 0.717) is 16.1 Å². The van der Waals surface area contributed by atoms with Gasteiger partial charge in [-0.2, -0.15) is 0 Å². The number of anilines is 1. The van der Waals surface area contributed by atoms with Crippen molar-refractivity contribution in [3.8, 4) is 0 Å². The number of halogens is 1. The van der Waals surface area contributed by atoms with Gasteiger partial charge in [-0.3, -0.25) is 9.59 Å². The molecule has 6 heteroatoms. The van der Waals surface area contributed by atoms with Gasteiger partial charge in [-0.15, -0.1) is 0 Å². The van der Waals surface area contributed by atoms with Crippen LogP contribution in [0.15, 0.2) is 78.9 Å². The number of esters is 1. The number of rotatable bonds is 6. The summed E-state index contributed by atoms with van der Waals surface area (Å²) in [6.07, 6.45) is -0.968. The zero-order valence-corrected chi connectivity index (χ0v) is 16.3.